The molecule has 0 aliphatic carbocycles. The molecular weight excluding hydrogens is 327 g/mol. The van der Waals surface area contributed by atoms with Gasteiger partial charge in [-0.25, -0.2) is 0 Å². The predicted molar refractivity (Wildman–Crippen MR) is 102 cm³/mol. The van der Waals surface area contributed by atoms with E-state index in [4.69, 9.17) is 23.2 Å². The van der Waals surface area contributed by atoms with Gasteiger partial charge in [0.2, 0.25) is 0 Å². The number of alkyl halides is 2. The Kier molecular flexibility index (Phi) is 7.99. The smallest absolute Gasteiger partial charge is 0.0366 e. The van der Waals surface area contributed by atoms with E-state index in [9.17, 15) is 0 Å². The number of halogens is 2. The van der Waals surface area contributed by atoms with Gasteiger partial charge in [0, 0.05) is 42.9 Å². The van der Waals surface area contributed by atoms with Crippen molar-refractivity contribution < 1.29 is 0 Å². The van der Waals surface area contributed by atoms with Crippen molar-refractivity contribution in [3.05, 3.63) is 59.9 Å². The molecule has 1 aromatic heterocycles. The van der Waals surface area contributed by atoms with E-state index in [1.165, 1.54) is 11.3 Å². The number of nitrogens with zero attached hydrogens (tertiary/aromatic N) is 2. The second kappa shape index (κ2) is 10.3. The van der Waals surface area contributed by atoms with Gasteiger partial charge >= 0.3 is 0 Å². The highest BCUT2D eigenvalue weighted by Gasteiger charge is 2.05. The minimum absolute atomic E-state index is 0.685. The molecule has 0 atom stereocenters. The molecule has 1 heterocycles. The first-order chi connectivity index (χ1) is 11.3. The summed E-state index contributed by atoms with van der Waals surface area (Å²) in [5.74, 6) is 1.37. The van der Waals surface area contributed by atoms with E-state index in [0.29, 0.717) is 11.8 Å². The van der Waals surface area contributed by atoms with E-state index >= 15 is 0 Å². The second-order valence-electron chi connectivity index (χ2n) is 5.28. The van der Waals surface area contributed by atoms with E-state index < -0.39 is 0 Å². The molecule has 0 aliphatic heterocycles. The monoisotopic (exact) mass is 348 g/mol. The number of aromatic nitrogens is 1. The molecule has 2 aromatic rings. The first-order valence-electron chi connectivity index (χ1n) is 7.88. The molecule has 0 amide bonds. The van der Waals surface area contributed by atoms with Crippen molar-refractivity contribution in [2.45, 2.75) is 12.8 Å². The maximum atomic E-state index is 5.83. The second-order valence-corrected chi connectivity index (χ2v) is 6.03. The van der Waals surface area contributed by atoms with E-state index in [1.807, 2.05) is 12.1 Å². The van der Waals surface area contributed by atoms with E-state index in [2.05, 4.69) is 46.3 Å². The maximum absolute atomic E-state index is 5.83. The van der Waals surface area contributed by atoms with Crippen LogP contribution in [0.1, 0.15) is 24.0 Å². The van der Waals surface area contributed by atoms with Gasteiger partial charge in [0.1, 0.15) is 0 Å². The Hall–Kier alpha value is -1.51. The highest BCUT2D eigenvalue weighted by molar-refractivity contribution is 6.18. The Morgan fingerprint density at radius 2 is 1.30 bits per heavy atom. The first kappa shape index (κ1) is 17.8. The van der Waals surface area contributed by atoms with Crippen LogP contribution in [-0.4, -0.2) is 29.8 Å². The van der Waals surface area contributed by atoms with Gasteiger partial charge in [0.15, 0.2) is 0 Å². The Morgan fingerprint density at radius 1 is 0.783 bits per heavy atom. The maximum Gasteiger partial charge on any atom is 0.0366 e. The average molecular weight is 349 g/mol. The summed E-state index contributed by atoms with van der Waals surface area (Å²) in [6.07, 6.45) is 9.76. The summed E-state index contributed by atoms with van der Waals surface area (Å²) in [6.45, 7) is 1.93. The van der Waals surface area contributed by atoms with Gasteiger partial charge in [-0.05, 0) is 48.2 Å². The minimum Gasteiger partial charge on any atom is -0.371 e. The normalized spacial score (nSPS) is 11.0. The molecule has 2 nitrogen and oxygen atoms in total. The SMILES string of the molecule is ClCCCN(CCCCl)c1ccc(C=Cc2ccncc2)cc1. The lowest BCUT2D eigenvalue weighted by Gasteiger charge is -2.24. The Labute approximate surface area is 148 Å². The Balaban J connectivity index is 2.02. The standard InChI is InChI=1S/C19H22Cl2N2/c20-11-1-15-23(16-2-12-21)19-7-5-17(6-8-19)3-4-18-9-13-22-14-10-18/h3-10,13-14H,1-2,11-12,15-16H2. The fourth-order valence-corrected chi connectivity index (χ4v) is 2.57. The van der Waals surface area contributed by atoms with Crippen LogP contribution in [0.2, 0.25) is 0 Å². The average Bonchev–Trinajstić information content (AvgIpc) is 2.62. The molecule has 122 valence electrons. The van der Waals surface area contributed by atoms with Gasteiger partial charge in [-0.3, -0.25) is 4.98 Å². The number of anilines is 1. The van der Waals surface area contributed by atoms with E-state index in [0.717, 1.165) is 31.5 Å². The number of hydrogen-bond acceptors (Lipinski definition) is 2. The zero-order valence-corrected chi connectivity index (χ0v) is 14.7. The lowest BCUT2D eigenvalue weighted by molar-refractivity contribution is 0.749. The highest BCUT2D eigenvalue weighted by Crippen LogP contribution is 2.18. The van der Waals surface area contributed by atoms with Crippen LogP contribution in [-0.2, 0) is 0 Å². The summed E-state index contributed by atoms with van der Waals surface area (Å²) in [4.78, 5) is 6.37. The van der Waals surface area contributed by atoms with Crippen molar-refractivity contribution >= 4 is 41.0 Å². The van der Waals surface area contributed by atoms with Crippen LogP contribution >= 0.6 is 23.2 Å². The third-order valence-corrected chi connectivity index (χ3v) is 4.09. The van der Waals surface area contributed by atoms with Gasteiger partial charge in [0.25, 0.3) is 0 Å². The molecule has 1 aromatic carbocycles. The van der Waals surface area contributed by atoms with Crippen molar-refractivity contribution in [3.63, 3.8) is 0 Å². The number of pyridine rings is 1. The highest BCUT2D eigenvalue weighted by atomic mass is 35.5. The number of benzene rings is 1. The van der Waals surface area contributed by atoms with Crippen LogP contribution in [0.25, 0.3) is 12.2 Å². The summed E-state index contributed by atoms with van der Waals surface area (Å²) in [5.41, 5.74) is 3.55. The largest absolute Gasteiger partial charge is 0.371 e. The molecule has 0 fully saturated rings. The predicted octanol–water partition coefficient (Wildman–Crippen LogP) is 5.32. The molecule has 2 rings (SSSR count). The third-order valence-electron chi connectivity index (χ3n) is 3.56. The van der Waals surface area contributed by atoms with Crippen molar-refractivity contribution in [2.24, 2.45) is 0 Å². The zero-order valence-electron chi connectivity index (χ0n) is 13.2. The summed E-state index contributed by atoms with van der Waals surface area (Å²) in [6, 6.07) is 12.6. The molecule has 0 unspecified atom stereocenters. The summed E-state index contributed by atoms with van der Waals surface area (Å²) in [5, 5.41) is 0. The first-order valence-corrected chi connectivity index (χ1v) is 8.95. The topological polar surface area (TPSA) is 16.1 Å². The van der Waals surface area contributed by atoms with Gasteiger partial charge in [-0.15, -0.1) is 23.2 Å². The molecule has 23 heavy (non-hydrogen) atoms. The van der Waals surface area contributed by atoms with Crippen LogP contribution in [0.4, 0.5) is 5.69 Å². The lowest BCUT2D eigenvalue weighted by Crippen LogP contribution is -2.26. The van der Waals surface area contributed by atoms with Crippen LogP contribution in [0, 0.1) is 0 Å². The van der Waals surface area contributed by atoms with Crippen molar-refractivity contribution in [2.75, 3.05) is 29.7 Å². The van der Waals surface area contributed by atoms with Crippen LogP contribution < -0.4 is 4.90 Å². The van der Waals surface area contributed by atoms with Crippen molar-refractivity contribution in [1.82, 2.24) is 4.98 Å². The van der Waals surface area contributed by atoms with E-state index in [-0.39, 0.29) is 0 Å². The summed E-state index contributed by atoms with van der Waals surface area (Å²) < 4.78 is 0. The molecule has 0 aliphatic rings. The number of hydrogen-bond donors (Lipinski definition) is 0. The fraction of sp³-hybridized carbons (Fsp3) is 0.316. The zero-order chi connectivity index (χ0) is 16.3. The van der Waals surface area contributed by atoms with Gasteiger partial charge in [0.05, 0.1) is 0 Å². The number of rotatable bonds is 9. The molecule has 4 heteroatoms. The Bertz CT molecular complexity index is 574. The molecule has 0 spiro atoms. The van der Waals surface area contributed by atoms with Gasteiger partial charge < -0.3 is 4.90 Å². The quantitative estimate of drug-likeness (QED) is 0.570. The van der Waals surface area contributed by atoms with E-state index in [1.54, 1.807) is 12.4 Å². The lowest BCUT2D eigenvalue weighted by atomic mass is 10.1. The minimum atomic E-state index is 0.685. The summed E-state index contributed by atoms with van der Waals surface area (Å²) in [7, 11) is 0. The van der Waals surface area contributed by atoms with Crippen LogP contribution in [0.15, 0.2) is 48.8 Å². The Morgan fingerprint density at radius 3 is 1.83 bits per heavy atom. The van der Waals surface area contributed by atoms with Gasteiger partial charge in [-0.1, -0.05) is 24.3 Å². The van der Waals surface area contributed by atoms with Gasteiger partial charge in [-0.2, -0.15) is 0 Å². The van der Waals surface area contributed by atoms with Crippen molar-refractivity contribution in [1.29, 1.82) is 0 Å². The van der Waals surface area contributed by atoms with Crippen LogP contribution in [0.5, 0.6) is 0 Å². The molecular formula is C19H22Cl2N2. The summed E-state index contributed by atoms with van der Waals surface area (Å²) >= 11 is 11.7. The van der Waals surface area contributed by atoms with Crippen LogP contribution in [0.3, 0.4) is 0 Å². The fourth-order valence-electron chi connectivity index (χ4n) is 2.33. The molecule has 0 N–H and O–H groups in total. The molecule has 0 bridgehead atoms. The third kappa shape index (κ3) is 6.25. The van der Waals surface area contributed by atoms with Crippen molar-refractivity contribution in [3.8, 4) is 0 Å². The molecule has 0 radical (unpaired) electrons. The molecule has 0 saturated heterocycles. The molecule has 0 saturated carbocycles.